The van der Waals surface area contributed by atoms with E-state index in [0.717, 1.165) is 11.4 Å². The molecule has 0 saturated carbocycles. The number of methoxy groups -OCH3 is 1. The van der Waals surface area contributed by atoms with Crippen LogP contribution in [-0.4, -0.2) is 14.2 Å². The van der Waals surface area contributed by atoms with Crippen molar-refractivity contribution in [3.63, 3.8) is 0 Å². The average molecular weight is 241 g/mol. The topological polar surface area (TPSA) is 21.3 Å². The van der Waals surface area contributed by atoms with Gasteiger partial charge in [-0.15, -0.1) is 0 Å². The van der Waals surface area contributed by atoms with E-state index in [0.29, 0.717) is 0 Å². The Bertz CT molecular complexity index is 561. The van der Waals surface area contributed by atoms with Gasteiger partial charge in [-0.1, -0.05) is 18.2 Å². The summed E-state index contributed by atoms with van der Waals surface area (Å²) in [6, 6.07) is 12.6. The largest absolute Gasteiger partial charge is 0.496 e. The SMILES string of the molecule is CNc1cccc(-c2c(C)cc(C)cc2OC)c1. The zero-order valence-corrected chi connectivity index (χ0v) is 11.4. The fraction of sp³-hybridized carbons (Fsp3) is 0.250. The Balaban J connectivity index is 2.62. The number of benzene rings is 2. The molecule has 0 aliphatic carbocycles. The van der Waals surface area contributed by atoms with Crippen LogP contribution in [0.2, 0.25) is 0 Å². The zero-order chi connectivity index (χ0) is 13.1. The van der Waals surface area contributed by atoms with E-state index in [9.17, 15) is 0 Å². The van der Waals surface area contributed by atoms with Gasteiger partial charge in [-0.2, -0.15) is 0 Å². The van der Waals surface area contributed by atoms with Crippen molar-refractivity contribution in [2.75, 3.05) is 19.5 Å². The van der Waals surface area contributed by atoms with Crippen molar-refractivity contribution in [2.45, 2.75) is 13.8 Å². The van der Waals surface area contributed by atoms with Gasteiger partial charge in [0.2, 0.25) is 0 Å². The number of hydrogen-bond acceptors (Lipinski definition) is 2. The van der Waals surface area contributed by atoms with Gasteiger partial charge in [-0.3, -0.25) is 0 Å². The Hall–Kier alpha value is -1.96. The first-order chi connectivity index (χ1) is 8.65. The fourth-order valence-electron chi connectivity index (χ4n) is 2.29. The molecule has 0 fully saturated rings. The summed E-state index contributed by atoms with van der Waals surface area (Å²) in [4.78, 5) is 0. The Morgan fingerprint density at radius 1 is 1.06 bits per heavy atom. The van der Waals surface area contributed by atoms with Crippen molar-refractivity contribution >= 4 is 5.69 Å². The number of anilines is 1. The lowest BCUT2D eigenvalue weighted by atomic mass is 9.97. The predicted molar refractivity (Wildman–Crippen MR) is 77.5 cm³/mol. The summed E-state index contributed by atoms with van der Waals surface area (Å²) < 4.78 is 5.51. The number of aryl methyl sites for hydroxylation is 2. The molecule has 2 heteroatoms. The van der Waals surface area contributed by atoms with E-state index in [1.54, 1.807) is 7.11 Å². The van der Waals surface area contributed by atoms with Crippen molar-refractivity contribution in [2.24, 2.45) is 0 Å². The van der Waals surface area contributed by atoms with Crippen LogP contribution < -0.4 is 10.1 Å². The summed E-state index contributed by atoms with van der Waals surface area (Å²) in [6.07, 6.45) is 0. The molecule has 0 aromatic heterocycles. The van der Waals surface area contributed by atoms with Gasteiger partial charge in [-0.25, -0.2) is 0 Å². The molecular weight excluding hydrogens is 222 g/mol. The van der Waals surface area contributed by atoms with Gasteiger partial charge < -0.3 is 10.1 Å². The van der Waals surface area contributed by atoms with Crippen LogP contribution in [0.1, 0.15) is 11.1 Å². The van der Waals surface area contributed by atoms with Gasteiger partial charge in [-0.05, 0) is 48.7 Å². The van der Waals surface area contributed by atoms with E-state index < -0.39 is 0 Å². The highest BCUT2D eigenvalue weighted by Crippen LogP contribution is 2.35. The third kappa shape index (κ3) is 2.33. The van der Waals surface area contributed by atoms with E-state index >= 15 is 0 Å². The molecule has 0 bridgehead atoms. The van der Waals surface area contributed by atoms with Crippen LogP contribution in [0.15, 0.2) is 36.4 Å². The molecule has 0 aliphatic heterocycles. The van der Waals surface area contributed by atoms with Crippen molar-refractivity contribution < 1.29 is 4.74 Å². The fourth-order valence-corrected chi connectivity index (χ4v) is 2.29. The first kappa shape index (κ1) is 12.5. The second kappa shape index (κ2) is 5.13. The molecule has 94 valence electrons. The van der Waals surface area contributed by atoms with Gasteiger partial charge in [0.1, 0.15) is 5.75 Å². The van der Waals surface area contributed by atoms with Crippen molar-refractivity contribution in [1.82, 2.24) is 0 Å². The van der Waals surface area contributed by atoms with Crippen LogP contribution in [0.5, 0.6) is 5.75 Å². The molecular formula is C16H19NO. The quantitative estimate of drug-likeness (QED) is 0.876. The summed E-state index contributed by atoms with van der Waals surface area (Å²) in [5, 5.41) is 3.16. The van der Waals surface area contributed by atoms with E-state index in [-0.39, 0.29) is 0 Å². The number of nitrogens with one attached hydrogen (secondary N) is 1. The number of rotatable bonds is 3. The molecule has 0 unspecified atom stereocenters. The second-order valence-corrected chi connectivity index (χ2v) is 4.49. The van der Waals surface area contributed by atoms with Crippen molar-refractivity contribution in [3.8, 4) is 16.9 Å². The molecule has 2 aromatic carbocycles. The summed E-state index contributed by atoms with van der Waals surface area (Å²) >= 11 is 0. The van der Waals surface area contributed by atoms with Gasteiger partial charge in [0, 0.05) is 18.3 Å². The van der Waals surface area contributed by atoms with Crippen LogP contribution >= 0.6 is 0 Å². The highest BCUT2D eigenvalue weighted by Gasteiger charge is 2.10. The standard InChI is InChI=1S/C16H19NO/c1-11-8-12(2)16(15(9-11)18-4)13-6-5-7-14(10-13)17-3/h5-10,17H,1-4H3. The molecule has 2 aromatic rings. The lowest BCUT2D eigenvalue weighted by molar-refractivity contribution is 0.416. The molecule has 0 radical (unpaired) electrons. The van der Waals surface area contributed by atoms with Gasteiger partial charge in [0.25, 0.3) is 0 Å². The molecule has 0 aliphatic rings. The van der Waals surface area contributed by atoms with Crippen molar-refractivity contribution in [1.29, 1.82) is 0 Å². The third-order valence-electron chi connectivity index (χ3n) is 3.10. The third-order valence-corrected chi connectivity index (χ3v) is 3.10. The highest BCUT2D eigenvalue weighted by molar-refractivity contribution is 5.76. The summed E-state index contributed by atoms with van der Waals surface area (Å²) in [5.74, 6) is 0.931. The smallest absolute Gasteiger partial charge is 0.127 e. The van der Waals surface area contributed by atoms with Gasteiger partial charge in [0.15, 0.2) is 0 Å². The van der Waals surface area contributed by atoms with Crippen LogP contribution in [-0.2, 0) is 0 Å². The molecule has 0 heterocycles. The minimum absolute atomic E-state index is 0.931. The van der Waals surface area contributed by atoms with E-state index in [4.69, 9.17) is 4.74 Å². The number of ether oxygens (including phenoxy) is 1. The van der Waals surface area contributed by atoms with Crippen LogP contribution in [0.4, 0.5) is 5.69 Å². The zero-order valence-electron chi connectivity index (χ0n) is 11.4. The first-order valence-corrected chi connectivity index (χ1v) is 6.09. The predicted octanol–water partition coefficient (Wildman–Crippen LogP) is 4.02. The Morgan fingerprint density at radius 2 is 1.83 bits per heavy atom. The number of hydrogen-bond donors (Lipinski definition) is 1. The molecule has 18 heavy (non-hydrogen) atoms. The van der Waals surface area contributed by atoms with E-state index in [1.165, 1.54) is 22.3 Å². The van der Waals surface area contributed by atoms with E-state index in [2.05, 4.69) is 55.6 Å². The minimum atomic E-state index is 0.931. The normalized spacial score (nSPS) is 10.2. The van der Waals surface area contributed by atoms with Crippen LogP contribution in [0.25, 0.3) is 11.1 Å². The monoisotopic (exact) mass is 241 g/mol. The lowest BCUT2D eigenvalue weighted by Crippen LogP contribution is -1.94. The highest BCUT2D eigenvalue weighted by atomic mass is 16.5. The maximum absolute atomic E-state index is 5.51. The summed E-state index contributed by atoms with van der Waals surface area (Å²) in [7, 11) is 3.65. The summed E-state index contributed by atoms with van der Waals surface area (Å²) in [5.41, 5.74) is 5.91. The maximum Gasteiger partial charge on any atom is 0.127 e. The lowest BCUT2D eigenvalue weighted by Gasteiger charge is -2.14. The van der Waals surface area contributed by atoms with E-state index in [1.807, 2.05) is 7.05 Å². The molecule has 0 saturated heterocycles. The second-order valence-electron chi connectivity index (χ2n) is 4.49. The first-order valence-electron chi connectivity index (χ1n) is 6.09. The Labute approximate surface area is 109 Å². The Morgan fingerprint density at radius 3 is 2.50 bits per heavy atom. The van der Waals surface area contributed by atoms with Crippen LogP contribution in [0, 0.1) is 13.8 Å². The molecule has 0 atom stereocenters. The molecule has 2 nitrogen and oxygen atoms in total. The molecule has 2 rings (SSSR count). The Kier molecular flexibility index (Phi) is 3.56. The molecule has 0 amide bonds. The van der Waals surface area contributed by atoms with Gasteiger partial charge >= 0.3 is 0 Å². The minimum Gasteiger partial charge on any atom is -0.496 e. The van der Waals surface area contributed by atoms with Crippen LogP contribution in [0.3, 0.4) is 0 Å². The molecule has 1 N–H and O–H groups in total. The molecule has 0 spiro atoms. The average Bonchev–Trinajstić information content (AvgIpc) is 2.37. The van der Waals surface area contributed by atoms with Gasteiger partial charge in [0.05, 0.1) is 7.11 Å². The summed E-state index contributed by atoms with van der Waals surface area (Å²) in [6.45, 7) is 4.21. The maximum atomic E-state index is 5.51. The van der Waals surface area contributed by atoms with Crippen molar-refractivity contribution in [3.05, 3.63) is 47.5 Å².